The normalized spacial score (nSPS) is 20.9. The molecule has 0 saturated heterocycles. The number of hydrogen-bond acceptors (Lipinski definition) is 0. The number of hydrogen-bond donors (Lipinski definition) is 0. The molecule has 0 atom stereocenters. The monoisotopic (exact) mass is 336 g/mol. The Morgan fingerprint density at radius 2 is 1.44 bits per heavy atom. The number of benzene rings is 2. The van der Waals surface area contributed by atoms with Crippen LogP contribution in [-0.2, 0) is 0 Å². The van der Waals surface area contributed by atoms with E-state index in [1.54, 1.807) is 5.56 Å². The fraction of sp³-hybridized carbons (Fsp3) is 0.600. The molecule has 0 unspecified atom stereocenters. The van der Waals surface area contributed by atoms with E-state index in [1.807, 2.05) is 0 Å². The molecule has 0 spiro atoms. The first-order chi connectivity index (χ1) is 12.3. The number of aryl methyl sites for hydroxylation is 1. The zero-order valence-corrected chi connectivity index (χ0v) is 16.4. The van der Waals surface area contributed by atoms with E-state index in [9.17, 15) is 0 Å². The van der Waals surface area contributed by atoms with Crippen molar-refractivity contribution in [3.63, 3.8) is 0 Å². The highest BCUT2D eigenvalue weighted by atomic mass is 14.3. The first kappa shape index (κ1) is 18.5. The largest absolute Gasteiger partial charge is 0.0654 e. The van der Waals surface area contributed by atoms with Crippen LogP contribution in [0.15, 0.2) is 36.4 Å². The van der Waals surface area contributed by atoms with Crippen molar-refractivity contribution >= 4 is 10.8 Å². The summed E-state index contributed by atoms with van der Waals surface area (Å²) in [5.41, 5.74) is 2.94. The summed E-state index contributed by atoms with van der Waals surface area (Å²) in [5.74, 6) is 1.80. The van der Waals surface area contributed by atoms with Gasteiger partial charge in [0.15, 0.2) is 0 Å². The van der Waals surface area contributed by atoms with Crippen LogP contribution in [0, 0.1) is 12.8 Å². The molecule has 1 aliphatic carbocycles. The predicted molar refractivity (Wildman–Crippen MR) is 111 cm³/mol. The van der Waals surface area contributed by atoms with Crippen LogP contribution in [0.5, 0.6) is 0 Å². The van der Waals surface area contributed by atoms with Gasteiger partial charge in [0.2, 0.25) is 0 Å². The molecule has 1 aliphatic rings. The van der Waals surface area contributed by atoms with Gasteiger partial charge >= 0.3 is 0 Å². The Balaban J connectivity index is 1.45. The van der Waals surface area contributed by atoms with Crippen molar-refractivity contribution < 1.29 is 0 Å². The Morgan fingerprint density at radius 1 is 0.760 bits per heavy atom. The van der Waals surface area contributed by atoms with Crippen LogP contribution in [0.1, 0.15) is 94.6 Å². The molecular formula is C25H36. The highest BCUT2D eigenvalue weighted by Gasteiger charge is 2.22. The second-order valence-corrected chi connectivity index (χ2v) is 8.38. The first-order valence-corrected chi connectivity index (χ1v) is 10.8. The summed E-state index contributed by atoms with van der Waals surface area (Å²) in [6.45, 7) is 4.48. The van der Waals surface area contributed by atoms with E-state index in [0.29, 0.717) is 0 Å². The zero-order valence-electron chi connectivity index (χ0n) is 16.4. The molecule has 2 aromatic rings. The summed E-state index contributed by atoms with van der Waals surface area (Å²) in [5, 5.41) is 2.80. The number of fused-ring (bicyclic) bond motifs is 1. The molecule has 1 fully saturated rings. The van der Waals surface area contributed by atoms with Gasteiger partial charge in [-0.3, -0.25) is 0 Å². The topological polar surface area (TPSA) is 0 Å². The SMILES string of the molecule is CCCCCCCCC1CCC(c2ccc3cc(C)ccc3c2)CC1. The van der Waals surface area contributed by atoms with Crippen LogP contribution in [0.3, 0.4) is 0 Å². The van der Waals surface area contributed by atoms with Crippen LogP contribution in [-0.4, -0.2) is 0 Å². The molecule has 0 bridgehead atoms. The molecule has 0 aromatic heterocycles. The van der Waals surface area contributed by atoms with Gasteiger partial charge in [-0.05, 0) is 60.8 Å². The van der Waals surface area contributed by atoms with Crippen molar-refractivity contribution in [3.8, 4) is 0 Å². The fourth-order valence-corrected chi connectivity index (χ4v) is 4.64. The highest BCUT2D eigenvalue weighted by Crippen LogP contribution is 2.38. The smallest absolute Gasteiger partial charge is 0.0162 e. The molecule has 0 heterocycles. The molecule has 0 nitrogen and oxygen atoms in total. The highest BCUT2D eigenvalue weighted by molar-refractivity contribution is 5.83. The third-order valence-electron chi connectivity index (χ3n) is 6.30. The molecule has 3 rings (SSSR count). The minimum Gasteiger partial charge on any atom is -0.0654 e. The van der Waals surface area contributed by atoms with Crippen LogP contribution >= 0.6 is 0 Å². The summed E-state index contributed by atoms with van der Waals surface area (Å²) in [6.07, 6.45) is 15.8. The van der Waals surface area contributed by atoms with Gasteiger partial charge < -0.3 is 0 Å². The summed E-state index contributed by atoms with van der Waals surface area (Å²) < 4.78 is 0. The van der Waals surface area contributed by atoms with E-state index in [-0.39, 0.29) is 0 Å². The maximum Gasteiger partial charge on any atom is -0.0162 e. The molecule has 1 saturated carbocycles. The Bertz CT molecular complexity index is 646. The van der Waals surface area contributed by atoms with E-state index in [0.717, 1.165) is 11.8 Å². The molecule has 0 radical (unpaired) electrons. The average molecular weight is 337 g/mol. The molecule has 0 heteroatoms. The van der Waals surface area contributed by atoms with Gasteiger partial charge in [-0.2, -0.15) is 0 Å². The Hall–Kier alpha value is -1.30. The number of unbranched alkanes of at least 4 members (excludes halogenated alkanes) is 5. The van der Waals surface area contributed by atoms with Crippen molar-refractivity contribution in [2.75, 3.05) is 0 Å². The quantitative estimate of drug-likeness (QED) is 0.426. The predicted octanol–water partition coefficient (Wildman–Crippen LogP) is 8.17. The summed E-state index contributed by atoms with van der Waals surface area (Å²) in [6, 6.07) is 14.0. The van der Waals surface area contributed by atoms with Crippen molar-refractivity contribution in [1.29, 1.82) is 0 Å². The molecule has 0 amide bonds. The molecule has 2 aromatic carbocycles. The van der Waals surface area contributed by atoms with Gasteiger partial charge in [0, 0.05) is 0 Å². The van der Waals surface area contributed by atoms with Crippen molar-refractivity contribution in [1.82, 2.24) is 0 Å². The van der Waals surface area contributed by atoms with E-state index >= 15 is 0 Å². The summed E-state index contributed by atoms with van der Waals surface area (Å²) in [4.78, 5) is 0. The molecule has 0 aliphatic heterocycles. The Labute approximate surface area is 155 Å². The second-order valence-electron chi connectivity index (χ2n) is 8.38. The summed E-state index contributed by atoms with van der Waals surface area (Å²) in [7, 11) is 0. The van der Waals surface area contributed by atoms with Crippen LogP contribution < -0.4 is 0 Å². The number of rotatable bonds is 8. The van der Waals surface area contributed by atoms with Crippen LogP contribution in [0.4, 0.5) is 0 Å². The minimum atomic E-state index is 0.798. The van der Waals surface area contributed by atoms with Crippen molar-refractivity contribution in [3.05, 3.63) is 47.5 Å². The van der Waals surface area contributed by atoms with Gasteiger partial charge in [0.25, 0.3) is 0 Å². The lowest BCUT2D eigenvalue weighted by Gasteiger charge is -2.29. The molecule has 0 N–H and O–H groups in total. The van der Waals surface area contributed by atoms with Crippen LogP contribution in [0.2, 0.25) is 0 Å². The fourth-order valence-electron chi connectivity index (χ4n) is 4.64. The zero-order chi connectivity index (χ0) is 17.5. The van der Waals surface area contributed by atoms with Gasteiger partial charge in [0.1, 0.15) is 0 Å². The molecule has 25 heavy (non-hydrogen) atoms. The third-order valence-corrected chi connectivity index (χ3v) is 6.30. The third kappa shape index (κ3) is 5.33. The second kappa shape index (κ2) is 9.41. The van der Waals surface area contributed by atoms with Gasteiger partial charge in [-0.1, -0.05) is 93.8 Å². The molecular weight excluding hydrogens is 300 g/mol. The van der Waals surface area contributed by atoms with Gasteiger partial charge in [-0.25, -0.2) is 0 Å². The Kier molecular flexibility index (Phi) is 6.96. The minimum absolute atomic E-state index is 0.798. The van der Waals surface area contributed by atoms with E-state index in [4.69, 9.17) is 0 Å². The van der Waals surface area contributed by atoms with Crippen LogP contribution in [0.25, 0.3) is 10.8 Å². The maximum absolute atomic E-state index is 2.45. The van der Waals surface area contributed by atoms with Gasteiger partial charge in [0.05, 0.1) is 0 Å². The lowest BCUT2D eigenvalue weighted by Crippen LogP contribution is -2.13. The summed E-state index contributed by atoms with van der Waals surface area (Å²) >= 11 is 0. The van der Waals surface area contributed by atoms with Crippen molar-refractivity contribution in [2.45, 2.75) is 90.4 Å². The van der Waals surface area contributed by atoms with Crippen molar-refractivity contribution in [2.24, 2.45) is 5.92 Å². The van der Waals surface area contributed by atoms with Gasteiger partial charge in [-0.15, -0.1) is 0 Å². The van der Waals surface area contributed by atoms with E-state index in [2.05, 4.69) is 50.2 Å². The lowest BCUT2D eigenvalue weighted by molar-refractivity contribution is 0.302. The maximum atomic E-state index is 2.45. The molecule has 136 valence electrons. The lowest BCUT2D eigenvalue weighted by atomic mass is 9.76. The Morgan fingerprint density at radius 3 is 2.24 bits per heavy atom. The van der Waals surface area contributed by atoms with E-state index in [1.165, 1.54) is 87.0 Å². The average Bonchev–Trinajstić information content (AvgIpc) is 2.64. The first-order valence-electron chi connectivity index (χ1n) is 10.8. The standard InChI is InChI=1S/C25H36/c1-3-4-5-6-7-8-9-21-11-14-22(15-12-21)24-17-16-23-18-20(2)10-13-25(23)19-24/h10,13,16-19,21-22H,3-9,11-12,14-15H2,1-2H3. The van der Waals surface area contributed by atoms with E-state index < -0.39 is 0 Å².